The minimum Gasteiger partial charge on any atom is -0.481 e. The van der Waals surface area contributed by atoms with Gasteiger partial charge in [-0.3, -0.25) is 19.2 Å². The SMILES string of the molecule is CC(C)[C@H](NC(=O)/C=C/c1ccccc1)C1=NOC(Cc2ccccc2)(C(=O)N[C@@H](CC(=O)O)C(=O)CBr)C1. The number of Topliss-reactive ketones (excluding diaryl/α,β-unsaturated/α-hetero) is 1. The van der Waals surface area contributed by atoms with E-state index in [1.165, 1.54) is 6.08 Å². The Hall–Kier alpha value is -3.79. The minimum absolute atomic E-state index is 0.0432. The predicted molar refractivity (Wildman–Crippen MR) is 151 cm³/mol. The highest BCUT2D eigenvalue weighted by molar-refractivity contribution is 9.09. The number of alkyl halides is 1. The highest BCUT2D eigenvalue weighted by Crippen LogP contribution is 2.31. The monoisotopic (exact) mass is 597 g/mol. The first-order chi connectivity index (χ1) is 18.6. The van der Waals surface area contributed by atoms with E-state index < -0.39 is 41.8 Å². The quantitative estimate of drug-likeness (QED) is 0.239. The van der Waals surface area contributed by atoms with Gasteiger partial charge in [0.25, 0.3) is 5.91 Å². The van der Waals surface area contributed by atoms with Crippen molar-refractivity contribution in [3.05, 3.63) is 77.9 Å². The molecule has 0 fully saturated rings. The third-order valence-electron chi connectivity index (χ3n) is 6.31. The molecule has 0 bridgehead atoms. The summed E-state index contributed by atoms with van der Waals surface area (Å²) in [6.07, 6.45) is 2.75. The van der Waals surface area contributed by atoms with Gasteiger partial charge in [-0.25, -0.2) is 0 Å². The van der Waals surface area contributed by atoms with Gasteiger partial charge in [-0.15, -0.1) is 0 Å². The van der Waals surface area contributed by atoms with Crippen LogP contribution >= 0.6 is 15.9 Å². The van der Waals surface area contributed by atoms with Crippen LogP contribution < -0.4 is 10.6 Å². The topological polar surface area (TPSA) is 134 Å². The van der Waals surface area contributed by atoms with Crippen molar-refractivity contribution in [2.24, 2.45) is 11.1 Å². The van der Waals surface area contributed by atoms with Crippen molar-refractivity contribution in [1.82, 2.24) is 10.6 Å². The van der Waals surface area contributed by atoms with E-state index >= 15 is 0 Å². The summed E-state index contributed by atoms with van der Waals surface area (Å²) in [6.45, 7) is 3.84. The number of hydrogen-bond acceptors (Lipinski definition) is 6. The maximum Gasteiger partial charge on any atom is 0.305 e. The minimum atomic E-state index is -1.53. The van der Waals surface area contributed by atoms with Crippen LogP contribution in [0.2, 0.25) is 0 Å². The zero-order chi connectivity index (χ0) is 28.4. The van der Waals surface area contributed by atoms with Crippen molar-refractivity contribution >= 4 is 51.3 Å². The Morgan fingerprint density at radius 1 is 1.05 bits per heavy atom. The molecule has 1 unspecified atom stereocenters. The second-order valence-electron chi connectivity index (χ2n) is 9.71. The first-order valence-corrected chi connectivity index (χ1v) is 13.7. The van der Waals surface area contributed by atoms with Gasteiger partial charge in [0.2, 0.25) is 11.5 Å². The zero-order valence-electron chi connectivity index (χ0n) is 21.8. The molecule has 0 aromatic heterocycles. The Labute approximate surface area is 235 Å². The Balaban J connectivity index is 1.83. The molecule has 0 radical (unpaired) electrons. The fraction of sp³-hybridized carbons (Fsp3) is 0.345. The first-order valence-electron chi connectivity index (χ1n) is 12.6. The molecule has 3 atom stereocenters. The zero-order valence-corrected chi connectivity index (χ0v) is 23.4. The Bertz CT molecular complexity index is 1230. The van der Waals surface area contributed by atoms with E-state index in [1.807, 2.05) is 74.5 Å². The number of halogens is 1. The number of carbonyl (C=O) groups excluding carboxylic acids is 3. The van der Waals surface area contributed by atoms with Gasteiger partial charge >= 0.3 is 5.97 Å². The molecule has 0 saturated heterocycles. The molecule has 2 aromatic carbocycles. The van der Waals surface area contributed by atoms with Gasteiger partial charge in [0.1, 0.15) is 0 Å². The summed E-state index contributed by atoms with van der Waals surface area (Å²) < 4.78 is 0. The molecule has 1 aliphatic heterocycles. The molecule has 0 saturated carbocycles. The third kappa shape index (κ3) is 8.35. The molecule has 3 rings (SSSR count). The highest BCUT2D eigenvalue weighted by atomic mass is 79.9. The lowest BCUT2D eigenvalue weighted by molar-refractivity contribution is -0.147. The van der Waals surface area contributed by atoms with E-state index in [2.05, 4.69) is 31.7 Å². The lowest BCUT2D eigenvalue weighted by Crippen LogP contribution is -2.55. The summed E-state index contributed by atoms with van der Waals surface area (Å²) in [5.41, 5.74) is 0.612. The van der Waals surface area contributed by atoms with Crippen molar-refractivity contribution in [3.8, 4) is 0 Å². The molecule has 0 aliphatic carbocycles. The van der Waals surface area contributed by atoms with E-state index in [4.69, 9.17) is 4.84 Å². The number of ketones is 1. The Morgan fingerprint density at radius 2 is 1.69 bits per heavy atom. The standard InChI is InChI=1S/C29H32BrN3O6/c1-19(2)27(32-25(35)14-13-20-9-5-3-6-10-20)23-17-29(39-33-23,16-21-11-7-4-8-12-21)28(38)31-22(15-26(36)37)24(34)18-30/h3-14,19,22,27H,15-18H2,1-2H3,(H,31,38)(H,32,35)(H,36,37)/b14-13+/t22-,27-,29?/m0/s1. The van der Waals surface area contributed by atoms with Crippen molar-refractivity contribution in [2.75, 3.05) is 5.33 Å². The average molecular weight is 598 g/mol. The lowest BCUT2D eigenvalue weighted by atomic mass is 9.84. The highest BCUT2D eigenvalue weighted by Gasteiger charge is 2.49. The van der Waals surface area contributed by atoms with Crippen LogP contribution in [-0.2, 0) is 30.4 Å². The summed E-state index contributed by atoms with van der Waals surface area (Å²) in [4.78, 5) is 55.9. The second kappa shape index (κ2) is 13.8. The maximum atomic E-state index is 13.6. The summed E-state index contributed by atoms with van der Waals surface area (Å²) in [5.74, 6) is -2.75. The number of benzene rings is 2. The van der Waals surface area contributed by atoms with Crippen LogP contribution in [0.5, 0.6) is 0 Å². The molecule has 2 aromatic rings. The van der Waals surface area contributed by atoms with Crippen molar-refractivity contribution < 1.29 is 29.1 Å². The molecular weight excluding hydrogens is 566 g/mol. The van der Waals surface area contributed by atoms with Crippen LogP contribution in [-0.4, -0.2) is 57.4 Å². The summed E-state index contributed by atoms with van der Waals surface area (Å²) >= 11 is 3.05. The number of nitrogens with zero attached hydrogens (tertiary/aromatic N) is 1. The smallest absolute Gasteiger partial charge is 0.305 e. The van der Waals surface area contributed by atoms with Crippen molar-refractivity contribution in [2.45, 2.75) is 50.8 Å². The van der Waals surface area contributed by atoms with E-state index in [0.29, 0.717) is 5.71 Å². The van der Waals surface area contributed by atoms with Gasteiger partial charge in [-0.2, -0.15) is 0 Å². The molecule has 3 N–H and O–H groups in total. The molecule has 10 heteroatoms. The van der Waals surface area contributed by atoms with Crippen LogP contribution in [0.3, 0.4) is 0 Å². The van der Waals surface area contributed by atoms with Crippen molar-refractivity contribution in [1.29, 1.82) is 0 Å². The third-order valence-corrected chi connectivity index (χ3v) is 6.86. The first kappa shape index (κ1) is 29.8. The van der Waals surface area contributed by atoms with Gasteiger partial charge in [0.15, 0.2) is 5.78 Å². The van der Waals surface area contributed by atoms with Crippen LogP contribution in [0, 0.1) is 5.92 Å². The van der Waals surface area contributed by atoms with Gasteiger partial charge in [0, 0.05) is 18.9 Å². The molecule has 0 spiro atoms. The van der Waals surface area contributed by atoms with Gasteiger partial charge < -0.3 is 20.6 Å². The fourth-order valence-electron chi connectivity index (χ4n) is 4.27. The number of hydrogen-bond donors (Lipinski definition) is 3. The molecule has 9 nitrogen and oxygen atoms in total. The maximum absolute atomic E-state index is 13.6. The number of oxime groups is 1. The number of nitrogens with one attached hydrogen (secondary N) is 2. The predicted octanol–water partition coefficient (Wildman–Crippen LogP) is 3.52. The van der Waals surface area contributed by atoms with Crippen molar-refractivity contribution in [3.63, 3.8) is 0 Å². The van der Waals surface area contributed by atoms with E-state index in [0.717, 1.165) is 11.1 Å². The number of carboxylic acid groups (broad SMARTS) is 1. The number of rotatable bonds is 13. The van der Waals surface area contributed by atoms with Crippen LogP contribution in [0.25, 0.3) is 6.08 Å². The molecule has 39 heavy (non-hydrogen) atoms. The lowest BCUT2D eigenvalue weighted by Gasteiger charge is -2.28. The number of carboxylic acids is 1. The molecule has 1 heterocycles. The number of amides is 2. The number of aliphatic carboxylic acids is 1. The average Bonchev–Trinajstić information content (AvgIpc) is 3.35. The Morgan fingerprint density at radius 3 is 2.28 bits per heavy atom. The summed E-state index contributed by atoms with van der Waals surface area (Å²) in [7, 11) is 0. The van der Waals surface area contributed by atoms with E-state index in [-0.39, 0.29) is 30.0 Å². The summed E-state index contributed by atoms with van der Waals surface area (Å²) in [5, 5.41) is 18.9. The molecule has 206 valence electrons. The van der Waals surface area contributed by atoms with Crippen LogP contribution in [0.4, 0.5) is 0 Å². The fourth-order valence-corrected chi connectivity index (χ4v) is 4.66. The van der Waals surface area contributed by atoms with Crippen LogP contribution in [0.1, 0.15) is 37.8 Å². The van der Waals surface area contributed by atoms with Gasteiger partial charge in [-0.05, 0) is 23.1 Å². The van der Waals surface area contributed by atoms with E-state index in [9.17, 15) is 24.3 Å². The summed E-state index contributed by atoms with van der Waals surface area (Å²) in [6, 6.07) is 16.8. The molecule has 2 amide bonds. The normalized spacial score (nSPS) is 18.2. The van der Waals surface area contributed by atoms with Crippen LogP contribution in [0.15, 0.2) is 71.9 Å². The molecule has 1 aliphatic rings. The van der Waals surface area contributed by atoms with Gasteiger partial charge in [0.05, 0.1) is 29.5 Å². The largest absolute Gasteiger partial charge is 0.481 e. The number of carbonyl (C=O) groups is 4. The second-order valence-corrected chi connectivity index (χ2v) is 10.3. The van der Waals surface area contributed by atoms with Gasteiger partial charge in [-0.1, -0.05) is 95.6 Å². The molecular formula is C29H32BrN3O6. The van der Waals surface area contributed by atoms with E-state index in [1.54, 1.807) is 6.08 Å². The Kier molecular flexibility index (Phi) is 10.6.